The van der Waals surface area contributed by atoms with Gasteiger partial charge in [-0.1, -0.05) is 24.3 Å². The predicted molar refractivity (Wildman–Crippen MR) is 91.8 cm³/mol. The minimum Gasteiger partial charge on any atom is -0.338 e. The molecular weight excluding hydrogens is 293 g/mol. The van der Waals surface area contributed by atoms with Crippen LogP contribution >= 0.6 is 0 Å². The second-order valence-electron chi connectivity index (χ2n) is 5.76. The number of hydrogen-bond donors (Lipinski definition) is 1. The van der Waals surface area contributed by atoms with Crippen molar-refractivity contribution in [1.29, 1.82) is 0 Å². The van der Waals surface area contributed by atoms with E-state index in [0.29, 0.717) is 6.54 Å². The number of unbranched alkanes of at least 4 members (excludes halogenated alkanes) is 1. The largest absolute Gasteiger partial charge is 0.338 e. The highest BCUT2D eigenvalue weighted by Gasteiger charge is 2.19. The first-order valence-corrected chi connectivity index (χ1v) is 8.36. The number of hydrogen-bond acceptors (Lipinski definition) is 2. The van der Waals surface area contributed by atoms with Crippen molar-refractivity contribution in [2.45, 2.75) is 19.8 Å². The van der Waals surface area contributed by atoms with Crippen LogP contribution in [0.25, 0.3) is 6.08 Å². The zero-order valence-corrected chi connectivity index (χ0v) is 13.8. The number of nitrogens with one attached hydrogen (secondary N) is 1. The van der Waals surface area contributed by atoms with E-state index < -0.39 is 0 Å². The van der Waals surface area contributed by atoms with Crippen LogP contribution in [0, 0.1) is 5.82 Å². The number of urea groups is 1. The van der Waals surface area contributed by atoms with E-state index in [1.54, 1.807) is 12.1 Å². The summed E-state index contributed by atoms with van der Waals surface area (Å²) in [5.74, 6) is -0.200. The van der Waals surface area contributed by atoms with Crippen molar-refractivity contribution in [2.24, 2.45) is 0 Å². The molecule has 0 aromatic heterocycles. The van der Waals surface area contributed by atoms with E-state index in [-0.39, 0.29) is 11.8 Å². The Morgan fingerprint density at radius 3 is 2.57 bits per heavy atom. The molecule has 0 spiro atoms. The highest BCUT2D eigenvalue weighted by atomic mass is 19.1. The Labute approximate surface area is 138 Å². The number of halogens is 1. The van der Waals surface area contributed by atoms with Gasteiger partial charge in [-0.05, 0) is 44.0 Å². The number of allylic oxidation sites excluding steroid dienone is 1. The zero-order valence-electron chi connectivity index (χ0n) is 13.8. The fourth-order valence-corrected chi connectivity index (χ4v) is 2.66. The molecule has 0 radical (unpaired) electrons. The molecule has 4 nitrogen and oxygen atoms in total. The van der Waals surface area contributed by atoms with E-state index in [9.17, 15) is 9.18 Å². The summed E-state index contributed by atoms with van der Waals surface area (Å²) >= 11 is 0. The van der Waals surface area contributed by atoms with E-state index >= 15 is 0 Å². The third-order valence-electron chi connectivity index (χ3n) is 4.01. The van der Waals surface area contributed by atoms with Crippen LogP contribution in [0.15, 0.2) is 30.3 Å². The van der Waals surface area contributed by atoms with Crippen LogP contribution in [-0.2, 0) is 0 Å². The Bertz CT molecular complexity index is 508. The van der Waals surface area contributed by atoms with Crippen molar-refractivity contribution in [3.8, 4) is 0 Å². The molecular formula is C18H26FN3O. The summed E-state index contributed by atoms with van der Waals surface area (Å²) in [5.41, 5.74) is 1.03. The fourth-order valence-electron chi connectivity index (χ4n) is 2.66. The molecule has 0 atom stereocenters. The maximum absolute atomic E-state index is 12.8. The lowest BCUT2D eigenvalue weighted by Crippen LogP contribution is -2.51. The minimum absolute atomic E-state index is 0.0504. The highest BCUT2D eigenvalue weighted by molar-refractivity contribution is 5.74. The summed E-state index contributed by atoms with van der Waals surface area (Å²) in [6.45, 7) is 7.16. The molecule has 0 bridgehead atoms. The summed E-state index contributed by atoms with van der Waals surface area (Å²) in [4.78, 5) is 16.0. The molecule has 0 unspecified atom stereocenters. The number of carbonyl (C=O) groups excluding carboxylic acids is 1. The quantitative estimate of drug-likeness (QED) is 0.818. The lowest BCUT2D eigenvalue weighted by molar-refractivity contribution is 0.139. The van der Waals surface area contributed by atoms with Gasteiger partial charge in [0.2, 0.25) is 0 Å². The van der Waals surface area contributed by atoms with Gasteiger partial charge in [0.15, 0.2) is 0 Å². The van der Waals surface area contributed by atoms with E-state index in [2.05, 4.69) is 16.3 Å². The summed E-state index contributed by atoms with van der Waals surface area (Å²) < 4.78 is 12.8. The summed E-state index contributed by atoms with van der Waals surface area (Å²) in [6.07, 6.45) is 6.28. The average molecular weight is 319 g/mol. The van der Waals surface area contributed by atoms with Crippen LogP contribution in [0.1, 0.15) is 25.3 Å². The number of benzene rings is 1. The smallest absolute Gasteiger partial charge is 0.317 e. The summed E-state index contributed by atoms with van der Waals surface area (Å²) in [6, 6.07) is 6.58. The van der Waals surface area contributed by atoms with Gasteiger partial charge in [0.05, 0.1) is 0 Å². The van der Waals surface area contributed by atoms with Crippen LogP contribution in [-0.4, -0.2) is 55.1 Å². The lowest BCUT2D eigenvalue weighted by atomic mass is 10.2. The van der Waals surface area contributed by atoms with Crippen LogP contribution in [0.2, 0.25) is 0 Å². The van der Waals surface area contributed by atoms with E-state index in [1.807, 2.05) is 17.9 Å². The van der Waals surface area contributed by atoms with E-state index in [4.69, 9.17) is 0 Å². The molecule has 23 heavy (non-hydrogen) atoms. The number of rotatable bonds is 6. The molecule has 5 heteroatoms. The van der Waals surface area contributed by atoms with Gasteiger partial charge >= 0.3 is 6.03 Å². The molecule has 1 saturated heterocycles. The predicted octanol–water partition coefficient (Wildman–Crippen LogP) is 2.97. The first-order chi connectivity index (χ1) is 11.2. The molecule has 0 aliphatic carbocycles. The van der Waals surface area contributed by atoms with Crippen molar-refractivity contribution in [1.82, 2.24) is 15.1 Å². The van der Waals surface area contributed by atoms with Crippen molar-refractivity contribution in [2.75, 3.05) is 39.3 Å². The molecule has 1 fully saturated rings. The van der Waals surface area contributed by atoms with Gasteiger partial charge in [0.1, 0.15) is 5.82 Å². The van der Waals surface area contributed by atoms with Gasteiger partial charge in [-0.3, -0.25) is 4.90 Å². The van der Waals surface area contributed by atoms with Gasteiger partial charge < -0.3 is 10.2 Å². The monoisotopic (exact) mass is 319 g/mol. The maximum Gasteiger partial charge on any atom is 0.317 e. The molecule has 2 rings (SSSR count). The standard InChI is InChI=1S/C18H26FN3O/c1-2-20-18(23)22-14-12-21(13-15-22)11-5-3-4-6-16-7-9-17(19)10-8-16/h4,6-10H,2-3,5,11-15H2,1H3,(H,20,23). The second-order valence-corrected chi connectivity index (χ2v) is 5.76. The molecule has 126 valence electrons. The number of amides is 2. The van der Waals surface area contributed by atoms with E-state index in [1.165, 1.54) is 12.1 Å². The van der Waals surface area contributed by atoms with Crippen molar-refractivity contribution < 1.29 is 9.18 Å². The van der Waals surface area contributed by atoms with Crippen molar-refractivity contribution >= 4 is 12.1 Å². The molecule has 1 aliphatic heterocycles. The van der Waals surface area contributed by atoms with Gasteiger partial charge in [0.25, 0.3) is 0 Å². The third kappa shape index (κ3) is 6.02. The Morgan fingerprint density at radius 1 is 1.22 bits per heavy atom. The van der Waals surface area contributed by atoms with Gasteiger partial charge in [0, 0.05) is 32.7 Å². The molecule has 0 saturated carbocycles. The molecule has 1 aromatic rings. The summed E-state index contributed by atoms with van der Waals surface area (Å²) in [7, 11) is 0. The van der Waals surface area contributed by atoms with Crippen LogP contribution < -0.4 is 5.32 Å². The first kappa shape index (κ1) is 17.5. The van der Waals surface area contributed by atoms with Crippen molar-refractivity contribution in [3.05, 3.63) is 41.7 Å². The first-order valence-electron chi connectivity index (χ1n) is 8.36. The topological polar surface area (TPSA) is 35.6 Å². The van der Waals surface area contributed by atoms with Gasteiger partial charge in [-0.15, -0.1) is 0 Å². The summed E-state index contributed by atoms with van der Waals surface area (Å²) in [5, 5.41) is 2.84. The molecule has 1 aromatic carbocycles. The Kier molecular flexibility index (Phi) is 7.07. The van der Waals surface area contributed by atoms with Crippen molar-refractivity contribution in [3.63, 3.8) is 0 Å². The highest BCUT2D eigenvalue weighted by Crippen LogP contribution is 2.07. The SMILES string of the molecule is CCNC(=O)N1CCN(CCCC=Cc2ccc(F)cc2)CC1. The Hall–Kier alpha value is -1.88. The van der Waals surface area contributed by atoms with E-state index in [0.717, 1.165) is 51.1 Å². The van der Waals surface area contributed by atoms with Crippen LogP contribution in [0.5, 0.6) is 0 Å². The number of carbonyl (C=O) groups is 1. The Balaban J connectivity index is 1.60. The molecule has 1 N–H and O–H groups in total. The second kappa shape index (κ2) is 9.30. The molecule has 1 heterocycles. The fraction of sp³-hybridized carbons (Fsp3) is 0.500. The molecule has 2 amide bonds. The van der Waals surface area contributed by atoms with Gasteiger partial charge in [-0.25, -0.2) is 9.18 Å². The van der Waals surface area contributed by atoms with Gasteiger partial charge in [-0.2, -0.15) is 0 Å². The normalized spacial score (nSPS) is 16.0. The zero-order chi connectivity index (χ0) is 16.5. The van der Waals surface area contributed by atoms with Crippen LogP contribution in [0.3, 0.4) is 0 Å². The Morgan fingerprint density at radius 2 is 1.91 bits per heavy atom. The third-order valence-corrected chi connectivity index (χ3v) is 4.01. The number of nitrogens with zero attached hydrogens (tertiary/aromatic N) is 2. The average Bonchev–Trinajstić information content (AvgIpc) is 2.57. The molecule has 1 aliphatic rings. The van der Waals surface area contributed by atoms with Crippen LogP contribution in [0.4, 0.5) is 9.18 Å². The maximum atomic E-state index is 12.8. The number of piperazine rings is 1. The minimum atomic E-state index is -0.200. The lowest BCUT2D eigenvalue weighted by Gasteiger charge is -2.34.